The molecule has 1 aromatic carbocycles. The molecule has 166 valence electrons. The largest absolute Gasteiger partial charge is 0.380 e. The smallest absolute Gasteiger partial charge is 0.257 e. The van der Waals surface area contributed by atoms with Gasteiger partial charge in [0, 0.05) is 45.9 Å². The number of carbonyl (C=O) groups is 1. The number of rotatable bonds is 5. The number of fused-ring (bicyclic) bond motifs is 4. The van der Waals surface area contributed by atoms with E-state index in [2.05, 4.69) is 0 Å². The summed E-state index contributed by atoms with van der Waals surface area (Å²) >= 11 is 1.64. The molecule has 2 aliphatic rings. The van der Waals surface area contributed by atoms with Crippen LogP contribution in [0.5, 0.6) is 0 Å². The number of benzene rings is 1. The first-order chi connectivity index (χ1) is 15.3. The summed E-state index contributed by atoms with van der Waals surface area (Å²) in [6, 6.07) is 3.13. The maximum atomic E-state index is 14.6. The van der Waals surface area contributed by atoms with E-state index in [1.165, 1.54) is 13.2 Å². The van der Waals surface area contributed by atoms with Gasteiger partial charge in [0.25, 0.3) is 5.56 Å². The van der Waals surface area contributed by atoms with Crippen molar-refractivity contribution in [2.75, 3.05) is 12.9 Å². The molecule has 32 heavy (non-hydrogen) atoms. The summed E-state index contributed by atoms with van der Waals surface area (Å²) in [5.41, 5.74) is 2.77. The highest BCUT2D eigenvalue weighted by Gasteiger charge is 2.36. The van der Waals surface area contributed by atoms with Crippen molar-refractivity contribution < 1.29 is 19.0 Å². The Morgan fingerprint density at radius 3 is 2.84 bits per heavy atom. The lowest BCUT2D eigenvalue weighted by Gasteiger charge is -2.24. The number of nitrogens with zero attached hydrogens (tertiary/aromatic N) is 2. The van der Waals surface area contributed by atoms with Crippen LogP contribution in [0.3, 0.4) is 0 Å². The molecule has 0 fully saturated rings. The maximum absolute atomic E-state index is 14.6. The van der Waals surface area contributed by atoms with Crippen LogP contribution in [0.2, 0.25) is 0 Å². The summed E-state index contributed by atoms with van der Waals surface area (Å²) < 4.78 is 21.5. The Morgan fingerprint density at radius 2 is 2.16 bits per heavy atom. The summed E-state index contributed by atoms with van der Waals surface area (Å²) in [6.07, 6.45) is 1.38. The summed E-state index contributed by atoms with van der Waals surface area (Å²) in [7, 11) is 1.47. The molecule has 0 radical (unpaired) electrons. The van der Waals surface area contributed by atoms with Gasteiger partial charge in [-0.05, 0) is 37.0 Å². The minimum absolute atomic E-state index is 0.0194. The Morgan fingerprint density at radius 1 is 1.38 bits per heavy atom. The zero-order valence-electron chi connectivity index (χ0n) is 18.1. The lowest BCUT2D eigenvalue weighted by Crippen LogP contribution is -2.34. The number of aldehydes is 1. The van der Waals surface area contributed by atoms with Gasteiger partial charge in [-0.2, -0.15) is 0 Å². The molecule has 2 aliphatic heterocycles. The Hall–Kier alpha value is -2.55. The molecule has 0 saturated carbocycles. The molecule has 0 amide bonds. The molecule has 0 bridgehead atoms. The van der Waals surface area contributed by atoms with Crippen molar-refractivity contribution >= 4 is 29.0 Å². The van der Waals surface area contributed by atoms with Crippen LogP contribution in [-0.4, -0.2) is 33.8 Å². The third-order valence-electron chi connectivity index (χ3n) is 6.68. The molecule has 8 heteroatoms. The van der Waals surface area contributed by atoms with E-state index in [-0.39, 0.29) is 35.5 Å². The number of aromatic nitrogens is 2. The lowest BCUT2D eigenvalue weighted by atomic mass is 9.88. The molecule has 1 N–H and O–H groups in total. The van der Waals surface area contributed by atoms with Crippen LogP contribution in [-0.2, 0) is 34.7 Å². The van der Waals surface area contributed by atoms with Gasteiger partial charge in [-0.1, -0.05) is 6.92 Å². The molecule has 0 spiro atoms. The van der Waals surface area contributed by atoms with Crippen molar-refractivity contribution in [3.63, 3.8) is 0 Å². The minimum atomic E-state index is -1.80. The average Bonchev–Trinajstić information content (AvgIpc) is 3.17. The number of hydrogen-bond acceptors (Lipinski definition) is 6. The fourth-order valence-electron chi connectivity index (χ4n) is 4.88. The van der Waals surface area contributed by atoms with Crippen LogP contribution in [0.1, 0.15) is 41.2 Å². The van der Waals surface area contributed by atoms with Gasteiger partial charge in [0.2, 0.25) is 0 Å². The molecular formula is C24H23FN2O4S. The number of ether oxygens (including phenoxy) is 1. The molecule has 6 nitrogen and oxygen atoms in total. The number of hydrogen-bond donors (Lipinski definition) is 1. The molecule has 2 aromatic heterocycles. The van der Waals surface area contributed by atoms with Gasteiger partial charge >= 0.3 is 0 Å². The summed E-state index contributed by atoms with van der Waals surface area (Å²) in [6.45, 7) is 3.80. The molecule has 4 heterocycles. The van der Waals surface area contributed by atoms with Crippen LogP contribution in [0.15, 0.2) is 21.8 Å². The van der Waals surface area contributed by atoms with Gasteiger partial charge in [0.05, 0.1) is 30.1 Å². The molecule has 1 atom stereocenters. The van der Waals surface area contributed by atoms with E-state index in [0.29, 0.717) is 35.3 Å². The first-order valence-corrected chi connectivity index (χ1v) is 11.6. The van der Waals surface area contributed by atoms with E-state index in [4.69, 9.17) is 9.72 Å². The Bertz CT molecular complexity index is 1370. The third-order valence-corrected chi connectivity index (χ3v) is 7.88. The number of carbonyl (C=O) groups excluding carboxylic acids is 1. The van der Waals surface area contributed by atoms with E-state index in [9.17, 15) is 19.1 Å². The van der Waals surface area contributed by atoms with Crippen LogP contribution >= 0.6 is 11.8 Å². The summed E-state index contributed by atoms with van der Waals surface area (Å²) in [5, 5.41) is 11.9. The number of aliphatic hydroxyl groups is 1. The van der Waals surface area contributed by atoms with Gasteiger partial charge in [-0.3, -0.25) is 9.59 Å². The molecular weight excluding hydrogens is 431 g/mol. The number of pyridine rings is 2. The minimum Gasteiger partial charge on any atom is -0.380 e. The maximum Gasteiger partial charge on any atom is 0.257 e. The highest BCUT2D eigenvalue weighted by atomic mass is 32.2. The second-order valence-corrected chi connectivity index (χ2v) is 9.47. The highest BCUT2D eigenvalue weighted by Crippen LogP contribution is 2.44. The number of halogens is 1. The van der Waals surface area contributed by atoms with Crippen molar-refractivity contribution in [3.05, 3.63) is 56.1 Å². The van der Waals surface area contributed by atoms with E-state index >= 15 is 0 Å². The summed E-state index contributed by atoms with van der Waals surface area (Å²) in [4.78, 5) is 31.0. The molecule has 3 aromatic rings. The molecule has 0 unspecified atom stereocenters. The monoisotopic (exact) mass is 454 g/mol. The van der Waals surface area contributed by atoms with E-state index in [0.717, 1.165) is 33.6 Å². The molecule has 5 rings (SSSR count). The van der Waals surface area contributed by atoms with Crippen molar-refractivity contribution in [3.8, 4) is 11.4 Å². The number of aryl methyl sites for hydroxylation is 1. The first-order valence-electron chi connectivity index (χ1n) is 10.6. The van der Waals surface area contributed by atoms with Crippen LogP contribution in [0.25, 0.3) is 22.3 Å². The molecule has 0 saturated heterocycles. The van der Waals surface area contributed by atoms with Gasteiger partial charge in [0.15, 0.2) is 6.29 Å². The van der Waals surface area contributed by atoms with Gasteiger partial charge in [0.1, 0.15) is 11.4 Å². The van der Waals surface area contributed by atoms with Crippen LogP contribution in [0.4, 0.5) is 4.39 Å². The standard InChI is InChI=1S/C24H23FN2O4S/c1-4-24(30,11-28)16-7-19-21-14(9-27(19)23(29)15(16)10-31-3)13-5-6-32-22-12(2)17(25)8-18(26-21)20(13)22/h7-8,11,30H,4-6,9-10H2,1-3H3/t24-/m1/s1. The summed E-state index contributed by atoms with van der Waals surface area (Å²) in [5.74, 6) is 0.530. The van der Waals surface area contributed by atoms with Crippen molar-refractivity contribution in [2.45, 2.75) is 50.3 Å². The SMILES string of the molecule is CC[C@@](O)(C=O)c1cc2n(c(=O)c1COC)Cc1c-2nc2cc(F)c(C)c3c2c1CCS3. The fraction of sp³-hybridized carbons (Fsp3) is 0.375. The van der Waals surface area contributed by atoms with Crippen molar-refractivity contribution in [1.29, 1.82) is 0 Å². The Balaban J connectivity index is 1.85. The van der Waals surface area contributed by atoms with Crippen molar-refractivity contribution in [1.82, 2.24) is 9.55 Å². The zero-order valence-corrected chi connectivity index (χ0v) is 18.9. The molecule has 0 aliphatic carbocycles. The fourth-order valence-corrected chi connectivity index (χ4v) is 6.07. The first kappa shape index (κ1) is 21.3. The Labute approximate surface area is 188 Å². The third kappa shape index (κ3) is 2.82. The number of thioether (sulfide) groups is 1. The van der Waals surface area contributed by atoms with Gasteiger partial charge < -0.3 is 14.4 Å². The quantitative estimate of drug-likeness (QED) is 0.465. The lowest BCUT2D eigenvalue weighted by molar-refractivity contribution is -0.125. The number of methoxy groups -OCH3 is 1. The van der Waals surface area contributed by atoms with E-state index in [1.807, 2.05) is 0 Å². The Kier molecular flexibility index (Phi) is 5.00. The zero-order chi connectivity index (χ0) is 22.8. The van der Waals surface area contributed by atoms with E-state index in [1.54, 1.807) is 36.2 Å². The van der Waals surface area contributed by atoms with Crippen molar-refractivity contribution in [2.24, 2.45) is 0 Å². The normalized spacial score (nSPS) is 16.0. The van der Waals surface area contributed by atoms with Crippen LogP contribution in [0, 0.1) is 12.7 Å². The van der Waals surface area contributed by atoms with Crippen LogP contribution < -0.4 is 5.56 Å². The van der Waals surface area contributed by atoms with Gasteiger partial charge in [-0.25, -0.2) is 9.37 Å². The highest BCUT2D eigenvalue weighted by molar-refractivity contribution is 7.99. The second-order valence-electron chi connectivity index (χ2n) is 8.36. The topological polar surface area (TPSA) is 81.4 Å². The predicted octanol–water partition coefficient (Wildman–Crippen LogP) is 3.46. The average molecular weight is 455 g/mol. The second kappa shape index (κ2) is 7.50. The van der Waals surface area contributed by atoms with Gasteiger partial charge in [-0.15, -0.1) is 11.8 Å². The van der Waals surface area contributed by atoms with E-state index < -0.39 is 5.60 Å². The predicted molar refractivity (Wildman–Crippen MR) is 121 cm³/mol.